The molecular formula is C21H25BF2N9O9P2S-. The van der Waals surface area contributed by atoms with Gasteiger partial charge < -0.3 is 44.0 Å². The van der Waals surface area contributed by atoms with E-state index < -0.39 is 90.0 Å². The number of hydrogen-bond donors (Lipinski definition) is 3. The summed E-state index contributed by atoms with van der Waals surface area (Å²) in [6.45, 7) is -5.37. The summed E-state index contributed by atoms with van der Waals surface area (Å²) < 4.78 is 82.3. The third-order valence-electron chi connectivity index (χ3n) is 7.30. The average molecular weight is 690 g/mol. The quantitative estimate of drug-likeness (QED) is 0.234. The summed E-state index contributed by atoms with van der Waals surface area (Å²) in [5.74, 6) is -0.351. The second-order valence-corrected chi connectivity index (χ2v) is 13.8. The number of rotatable bonds is 2. The van der Waals surface area contributed by atoms with Crippen LogP contribution in [0.3, 0.4) is 0 Å². The Kier molecular flexibility index (Phi) is 7.67. The minimum Gasteiger partial charge on any atom is -0.387 e. The van der Waals surface area contributed by atoms with Crippen molar-refractivity contribution in [1.82, 2.24) is 29.1 Å². The van der Waals surface area contributed by atoms with E-state index in [-0.39, 0.29) is 40.7 Å². The Hall–Kier alpha value is -2.78. The van der Waals surface area contributed by atoms with E-state index in [0.717, 1.165) is 0 Å². The van der Waals surface area contributed by atoms with Crippen molar-refractivity contribution in [3.8, 4) is 0 Å². The number of aromatic nitrogens is 6. The normalized spacial score (nSPS) is 39.0. The number of hydrogen-bond acceptors (Lipinski definition) is 16. The number of aliphatic imine (C=N–C) groups is 1. The van der Waals surface area contributed by atoms with Gasteiger partial charge in [-0.25, -0.2) is 33.7 Å². The summed E-state index contributed by atoms with van der Waals surface area (Å²) in [5, 5.41) is 0. The number of alkyl halides is 2. The molecule has 45 heavy (non-hydrogen) atoms. The Morgan fingerprint density at radius 3 is 2.36 bits per heavy atom. The molecule has 0 bridgehead atoms. The Morgan fingerprint density at radius 1 is 0.978 bits per heavy atom. The lowest BCUT2D eigenvalue weighted by atomic mass is 10.1. The number of Topliss-reactive ketones (excluding diaryl/α,β-unsaturated/α-hetero) is 1. The number of carbonyl (C=O) groups excluding carboxylic acids is 1. The molecule has 18 nitrogen and oxygen atoms in total. The Labute approximate surface area is 257 Å². The lowest BCUT2D eigenvalue weighted by Gasteiger charge is -2.31. The highest BCUT2D eigenvalue weighted by atomic mass is 32.5. The molecule has 4 aliphatic heterocycles. The molecule has 0 saturated carbocycles. The van der Waals surface area contributed by atoms with E-state index in [1.54, 1.807) is 0 Å². The molecule has 0 radical (unpaired) electrons. The van der Waals surface area contributed by atoms with Gasteiger partial charge in [-0.15, -0.1) is 0 Å². The van der Waals surface area contributed by atoms with Gasteiger partial charge in [0.1, 0.15) is 49.6 Å². The first-order chi connectivity index (χ1) is 21.3. The van der Waals surface area contributed by atoms with Gasteiger partial charge in [-0.05, 0) is 11.8 Å². The second-order valence-electron chi connectivity index (χ2n) is 10.1. The molecule has 24 heteroatoms. The van der Waals surface area contributed by atoms with Crippen molar-refractivity contribution in [2.75, 3.05) is 18.9 Å². The molecule has 3 aromatic rings. The van der Waals surface area contributed by atoms with Gasteiger partial charge in [-0.2, -0.15) is 0 Å². The molecule has 0 spiro atoms. The predicted octanol–water partition coefficient (Wildman–Crippen LogP) is -0.141. The fraction of sp³-hybridized carbons (Fsp3) is 0.524. The molecule has 7 heterocycles. The number of nitrogens with two attached hydrogens (primary N) is 2. The van der Waals surface area contributed by atoms with Gasteiger partial charge in [-0.3, -0.25) is 18.5 Å². The van der Waals surface area contributed by atoms with Crippen LogP contribution in [0.5, 0.6) is 0 Å². The van der Waals surface area contributed by atoms with E-state index in [2.05, 4.69) is 24.9 Å². The summed E-state index contributed by atoms with van der Waals surface area (Å²) in [6.07, 6.45) is -9.04. The van der Waals surface area contributed by atoms with Crippen molar-refractivity contribution in [3.05, 3.63) is 24.7 Å². The van der Waals surface area contributed by atoms with Gasteiger partial charge >= 0.3 is 6.72 Å². The molecule has 3 fully saturated rings. The van der Waals surface area contributed by atoms with Crippen molar-refractivity contribution in [2.45, 2.75) is 55.6 Å². The highest BCUT2D eigenvalue weighted by Gasteiger charge is 2.53. The van der Waals surface area contributed by atoms with Crippen molar-refractivity contribution < 1.29 is 50.6 Å². The number of halogens is 2. The van der Waals surface area contributed by atoms with E-state index in [1.165, 1.54) is 28.1 Å². The highest BCUT2D eigenvalue weighted by molar-refractivity contribution is 8.07. The Morgan fingerprint density at radius 2 is 1.62 bits per heavy atom. The van der Waals surface area contributed by atoms with Crippen molar-refractivity contribution >= 4 is 68.0 Å². The van der Waals surface area contributed by atoms with Gasteiger partial charge in [-0.1, -0.05) is 0 Å². The highest BCUT2D eigenvalue weighted by Crippen LogP contribution is 2.54. The van der Waals surface area contributed by atoms with Crippen LogP contribution in [0.1, 0.15) is 29.4 Å². The molecule has 0 aromatic carbocycles. The van der Waals surface area contributed by atoms with Crippen LogP contribution >= 0.6 is 14.2 Å². The molecule has 5 N–H and O–H groups in total. The molecule has 4 aliphatic rings. The van der Waals surface area contributed by atoms with Gasteiger partial charge in [0.25, 0.3) is 0 Å². The molecule has 7 rings (SSSR count). The maximum Gasteiger partial charge on any atom is 0.325 e. The molecule has 242 valence electrons. The summed E-state index contributed by atoms with van der Waals surface area (Å²) >= 11 is 5.17. The van der Waals surface area contributed by atoms with Crippen LogP contribution in [0.15, 0.2) is 24.0 Å². The topological polar surface area (TPSA) is 236 Å². The zero-order chi connectivity index (χ0) is 31.8. The molecule has 0 amide bonds. The number of fused-ring (bicyclic) bond motifs is 4. The number of imidazole rings is 2. The van der Waals surface area contributed by atoms with Crippen LogP contribution in [0, 0.1) is 0 Å². The van der Waals surface area contributed by atoms with E-state index in [0.29, 0.717) is 0 Å². The van der Waals surface area contributed by atoms with Gasteiger partial charge in [0.05, 0.1) is 39.9 Å². The number of ether oxygens (including phenoxy) is 2. The Balaban J connectivity index is 1.16. The van der Waals surface area contributed by atoms with Crippen LogP contribution in [0.2, 0.25) is 0 Å². The summed E-state index contributed by atoms with van der Waals surface area (Å²) in [4.78, 5) is 43.5. The first-order valence-electron chi connectivity index (χ1n) is 12.9. The van der Waals surface area contributed by atoms with E-state index in [9.17, 15) is 14.3 Å². The molecule has 3 aromatic heterocycles. The number of anilines is 1. The summed E-state index contributed by atoms with van der Waals surface area (Å²) in [5.41, 5.74) is 12.0. The van der Waals surface area contributed by atoms with Crippen LogP contribution < -0.4 is 11.5 Å². The fourth-order valence-electron chi connectivity index (χ4n) is 5.30. The first-order valence-corrected chi connectivity index (χ1v) is 16.6. The van der Waals surface area contributed by atoms with Gasteiger partial charge in [0.15, 0.2) is 53.6 Å². The standard InChI is InChI=1S/C21H25BF2N9O9P2S/c22-43(35)37-2-8-16(12(24)20(39-8)32-6-30-14-17(26)27-4-28-18(14)32)42-44(36,45)38-3-9-15(41-43)11(23)21(40-9)33-5-29-13-7(34)1-10(25)31-19(13)33/h4-6,8-9,11-12,15-16,20-21H,1-3H2,22H3,(H2,25,31)(H,36,45)(H2,26,27,28)/q-1/t8?,9-,11-,12-,15-,16-,20-,21-,43?,44?/m1/s1. The Bertz CT molecular complexity index is 1820. The van der Waals surface area contributed by atoms with E-state index >= 15 is 8.78 Å². The number of carbonyl (C=O) groups is 1. The van der Waals surface area contributed by atoms with E-state index in [4.69, 9.17) is 50.8 Å². The molecule has 3 unspecified atom stereocenters. The second kappa shape index (κ2) is 11.2. The third-order valence-corrected chi connectivity index (χ3v) is 9.64. The summed E-state index contributed by atoms with van der Waals surface area (Å²) in [6, 6.07) is 0. The van der Waals surface area contributed by atoms with Crippen molar-refractivity contribution in [2.24, 2.45) is 10.7 Å². The zero-order valence-electron chi connectivity index (χ0n) is 22.0. The van der Waals surface area contributed by atoms with Crippen LogP contribution in [0.4, 0.5) is 20.4 Å². The maximum atomic E-state index is 16.1. The van der Waals surface area contributed by atoms with Gasteiger partial charge in [0, 0.05) is 0 Å². The minimum absolute atomic E-state index is 0.00825. The maximum absolute atomic E-state index is 16.1. The minimum atomic E-state index is -4.25. The average Bonchev–Trinajstić information content (AvgIpc) is 3.72. The van der Waals surface area contributed by atoms with Crippen LogP contribution in [0.25, 0.3) is 11.2 Å². The van der Waals surface area contributed by atoms with Gasteiger partial charge in [0.2, 0.25) is 0 Å². The monoisotopic (exact) mass is 690 g/mol. The molecule has 10 atom stereocenters. The zero-order valence-corrected chi connectivity index (χ0v) is 24.6. The number of ketones is 1. The first kappa shape index (κ1) is 30.9. The lowest BCUT2D eigenvalue weighted by Crippen LogP contribution is -2.37. The fourth-order valence-corrected chi connectivity index (χ4v) is 7.52. The van der Waals surface area contributed by atoms with Crippen molar-refractivity contribution in [1.29, 1.82) is 0 Å². The molecule has 0 aliphatic carbocycles. The SMILES string of the molecule is [BH3-]P1(=O)OCC2O[C@@H](n3cnc4c(N)ncnc43)[C@H](F)[C@@H]2OP(O)(=S)OC[C@H]2O[C@@H](n3cnc4c3N=C(N)CC4=O)[C@H](F)[C@@H]2O1. The van der Waals surface area contributed by atoms with Crippen LogP contribution in [-0.4, -0.2) is 103 Å². The van der Waals surface area contributed by atoms with Crippen LogP contribution in [-0.2, 0) is 43.9 Å². The van der Waals surface area contributed by atoms with E-state index in [1.807, 2.05) is 0 Å². The summed E-state index contributed by atoms with van der Waals surface area (Å²) in [7, 11) is -5.14. The number of amidine groups is 1. The number of nitrogen functional groups attached to an aromatic ring is 1. The predicted molar refractivity (Wildman–Crippen MR) is 156 cm³/mol. The lowest BCUT2D eigenvalue weighted by molar-refractivity contribution is -0.0568. The largest absolute Gasteiger partial charge is 0.387 e. The molecular weight excluding hydrogens is 665 g/mol. The number of nitrogens with zero attached hydrogens (tertiary/aromatic N) is 7. The smallest absolute Gasteiger partial charge is 0.325 e. The van der Waals surface area contributed by atoms with Crippen molar-refractivity contribution in [3.63, 3.8) is 0 Å². The molecule has 3 saturated heterocycles. The third kappa shape index (κ3) is 5.52.